The number of hydrogen-bond donors (Lipinski definition) is 0. The van der Waals surface area contributed by atoms with E-state index in [9.17, 15) is 8.42 Å². The molecule has 176 valence electrons. The molecule has 0 fully saturated rings. The van der Waals surface area contributed by atoms with E-state index in [1.54, 1.807) is 30.3 Å². The van der Waals surface area contributed by atoms with Gasteiger partial charge in [-0.15, -0.1) is 0 Å². The monoisotopic (exact) mass is 486 g/mol. The van der Waals surface area contributed by atoms with Crippen LogP contribution in [0.4, 0.5) is 0 Å². The van der Waals surface area contributed by atoms with Gasteiger partial charge in [-0.2, -0.15) is 8.42 Å². The summed E-state index contributed by atoms with van der Waals surface area (Å²) in [6.07, 6.45) is 2.46. The van der Waals surface area contributed by atoms with Gasteiger partial charge in [0.05, 0.1) is 6.26 Å². The van der Waals surface area contributed by atoms with Crippen molar-refractivity contribution in [3.63, 3.8) is 0 Å². The zero-order valence-electron chi connectivity index (χ0n) is 18.8. The lowest BCUT2D eigenvalue weighted by molar-refractivity contribution is 0.493. The van der Waals surface area contributed by atoms with E-state index in [0.29, 0.717) is 11.6 Å². The van der Waals surface area contributed by atoms with Crippen LogP contribution in [0, 0.1) is 0 Å². The molecule has 7 nitrogen and oxygen atoms in total. The van der Waals surface area contributed by atoms with Gasteiger partial charge in [-0.3, -0.25) is 0 Å². The third kappa shape index (κ3) is 7.02. The van der Waals surface area contributed by atoms with Gasteiger partial charge in [0.1, 0.15) is 16.8 Å². The number of nitrogens with zero attached hydrogens (tertiary/aromatic N) is 2. The fourth-order valence-electron chi connectivity index (χ4n) is 3.03. The molecule has 0 radical (unpaired) electrons. The Bertz CT molecular complexity index is 1530. The number of hydrogen-bond acceptors (Lipinski definition) is 7. The summed E-state index contributed by atoms with van der Waals surface area (Å²) in [4.78, 5) is 8.37. The summed E-state index contributed by atoms with van der Waals surface area (Å²) >= 11 is 0. The van der Waals surface area contributed by atoms with E-state index in [4.69, 9.17) is 8.83 Å². The molecule has 0 atom stereocenters. The van der Waals surface area contributed by atoms with Crippen molar-refractivity contribution in [2.24, 2.45) is 0 Å². The maximum absolute atomic E-state index is 10.6. The molecule has 0 bridgehead atoms. The summed E-state index contributed by atoms with van der Waals surface area (Å²) in [7, 11) is -3.38. The van der Waals surface area contributed by atoms with Crippen molar-refractivity contribution in [2.75, 3.05) is 6.26 Å². The fourth-order valence-corrected chi connectivity index (χ4v) is 3.49. The van der Waals surface area contributed by atoms with Gasteiger partial charge >= 0.3 is 10.1 Å². The van der Waals surface area contributed by atoms with E-state index in [-0.39, 0.29) is 0 Å². The van der Waals surface area contributed by atoms with E-state index in [2.05, 4.69) is 14.2 Å². The number of fused-ring (bicyclic) bond motifs is 2. The largest absolute Gasteiger partial charge is 0.443 e. The molecule has 0 N–H and O–H groups in total. The first-order chi connectivity index (χ1) is 17.0. The summed E-state index contributed by atoms with van der Waals surface area (Å²) in [6, 6.07) is 33.7. The Kier molecular flexibility index (Phi) is 7.54. The van der Waals surface area contributed by atoms with Crippen LogP contribution in [-0.2, 0) is 10.1 Å². The summed E-state index contributed by atoms with van der Waals surface area (Å²) in [5.74, 6) is 1.02. The van der Waals surface area contributed by atoms with Crippen molar-refractivity contribution in [3.8, 4) is 17.2 Å². The van der Waals surface area contributed by atoms with Gasteiger partial charge < -0.3 is 13.0 Å². The van der Waals surface area contributed by atoms with Crippen molar-refractivity contribution in [2.45, 2.75) is 0 Å². The molecule has 0 spiro atoms. The Balaban J connectivity index is 0.000000129. The molecule has 0 aliphatic carbocycles. The van der Waals surface area contributed by atoms with Crippen LogP contribution in [0.15, 0.2) is 124 Å². The molecule has 0 aliphatic rings. The average molecular weight is 487 g/mol. The fraction of sp³-hybridized carbons (Fsp3) is 0.0370. The second-order valence-corrected chi connectivity index (χ2v) is 8.85. The predicted molar refractivity (Wildman–Crippen MR) is 135 cm³/mol. The Morgan fingerprint density at radius 1 is 0.686 bits per heavy atom. The van der Waals surface area contributed by atoms with Crippen molar-refractivity contribution in [1.29, 1.82) is 0 Å². The first kappa shape index (κ1) is 23.7. The SMILES string of the molecule is CS(=O)(=O)Oc1ccccc1.c1ccc(-c2nc3ccccc3o2)cc1.c1ccc2ocnc2c1. The van der Waals surface area contributed by atoms with Crippen LogP contribution in [0.1, 0.15) is 0 Å². The molecule has 0 saturated heterocycles. The molecule has 0 aliphatic heterocycles. The second-order valence-electron chi connectivity index (χ2n) is 7.27. The number of oxazole rings is 2. The molecule has 4 aromatic carbocycles. The molecular formula is C27H22N2O5S. The number of benzene rings is 4. The van der Waals surface area contributed by atoms with E-state index < -0.39 is 10.1 Å². The zero-order chi connectivity index (χ0) is 24.5. The first-order valence-electron chi connectivity index (χ1n) is 10.6. The van der Waals surface area contributed by atoms with Crippen molar-refractivity contribution in [3.05, 3.63) is 116 Å². The highest BCUT2D eigenvalue weighted by molar-refractivity contribution is 7.86. The molecule has 2 aromatic heterocycles. The molecule has 35 heavy (non-hydrogen) atoms. The summed E-state index contributed by atoms with van der Waals surface area (Å²) in [6.45, 7) is 0. The summed E-state index contributed by atoms with van der Waals surface area (Å²) in [5.41, 5.74) is 4.50. The maximum atomic E-state index is 10.6. The molecular weight excluding hydrogens is 464 g/mol. The molecule has 2 heterocycles. The van der Waals surface area contributed by atoms with Gasteiger partial charge in [-0.05, 0) is 48.5 Å². The standard InChI is InChI=1S/C13H9NO.C7H5NO.C7H8O3S/c1-2-6-10(7-3-1)13-14-11-8-4-5-9-12(11)15-13;1-2-4-7-6(3-1)8-5-9-7;1-11(8,9)10-7-5-3-2-4-6-7/h1-9H;1-5H;2-6H,1H3. The lowest BCUT2D eigenvalue weighted by Crippen LogP contribution is -2.05. The Hall–Kier alpha value is -4.43. The minimum absolute atomic E-state index is 0.343. The normalized spacial score (nSPS) is 10.7. The highest BCUT2D eigenvalue weighted by Crippen LogP contribution is 2.23. The lowest BCUT2D eigenvalue weighted by atomic mass is 10.2. The van der Waals surface area contributed by atoms with Crippen LogP contribution in [-0.4, -0.2) is 24.6 Å². The van der Waals surface area contributed by atoms with Crippen LogP contribution >= 0.6 is 0 Å². The predicted octanol–water partition coefficient (Wildman–Crippen LogP) is 6.35. The van der Waals surface area contributed by atoms with Crippen molar-refractivity contribution < 1.29 is 21.4 Å². The van der Waals surface area contributed by atoms with Crippen LogP contribution in [0.25, 0.3) is 33.7 Å². The van der Waals surface area contributed by atoms with Crippen molar-refractivity contribution >= 4 is 32.3 Å². The highest BCUT2D eigenvalue weighted by atomic mass is 32.2. The number of rotatable bonds is 3. The van der Waals surface area contributed by atoms with E-state index >= 15 is 0 Å². The minimum atomic E-state index is -3.38. The third-order valence-corrected chi connectivity index (χ3v) is 5.04. The van der Waals surface area contributed by atoms with E-state index in [1.807, 2.05) is 78.9 Å². The van der Waals surface area contributed by atoms with Crippen molar-refractivity contribution in [1.82, 2.24) is 9.97 Å². The average Bonchev–Trinajstić information content (AvgIpc) is 3.52. The van der Waals surface area contributed by atoms with Gasteiger partial charge in [0, 0.05) is 5.56 Å². The quantitative estimate of drug-likeness (QED) is 0.269. The Morgan fingerprint density at radius 2 is 1.26 bits per heavy atom. The smallest absolute Gasteiger partial charge is 0.306 e. The summed E-state index contributed by atoms with van der Waals surface area (Å²) in [5, 5.41) is 0. The second kappa shape index (κ2) is 11.1. The molecule has 0 unspecified atom stereocenters. The molecule has 0 amide bonds. The van der Waals surface area contributed by atoms with Gasteiger partial charge in [-0.1, -0.05) is 60.7 Å². The topological polar surface area (TPSA) is 95.4 Å². The van der Waals surface area contributed by atoms with Crippen LogP contribution in [0.5, 0.6) is 5.75 Å². The van der Waals surface area contributed by atoms with Gasteiger partial charge in [-0.25, -0.2) is 9.97 Å². The molecule has 6 aromatic rings. The van der Waals surface area contributed by atoms with Gasteiger partial charge in [0.2, 0.25) is 5.89 Å². The minimum Gasteiger partial charge on any atom is -0.443 e. The van der Waals surface area contributed by atoms with Gasteiger partial charge in [0.15, 0.2) is 17.6 Å². The van der Waals surface area contributed by atoms with Crippen LogP contribution in [0.3, 0.4) is 0 Å². The highest BCUT2D eigenvalue weighted by Gasteiger charge is 2.06. The summed E-state index contributed by atoms with van der Waals surface area (Å²) < 4.78 is 36.4. The maximum Gasteiger partial charge on any atom is 0.306 e. The van der Waals surface area contributed by atoms with Crippen LogP contribution in [0.2, 0.25) is 0 Å². The van der Waals surface area contributed by atoms with E-state index in [0.717, 1.165) is 34.0 Å². The molecule has 6 rings (SSSR count). The van der Waals surface area contributed by atoms with Gasteiger partial charge in [0.25, 0.3) is 0 Å². The van der Waals surface area contributed by atoms with E-state index in [1.165, 1.54) is 6.39 Å². The third-order valence-electron chi connectivity index (χ3n) is 4.54. The number of para-hydroxylation sites is 5. The zero-order valence-corrected chi connectivity index (χ0v) is 19.6. The first-order valence-corrected chi connectivity index (χ1v) is 12.4. The molecule has 8 heteroatoms. The Labute approximate surface area is 202 Å². The Morgan fingerprint density at radius 3 is 1.89 bits per heavy atom. The lowest BCUT2D eigenvalue weighted by Gasteiger charge is -1.99. The van der Waals surface area contributed by atoms with Crippen LogP contribution < -0.4 is 4.18 Å². The number of aromatic nitrogens is 2. The molecule has 0 saturated carbocycles.